The zero-order valence-corrected chi connectivity index (χ0v) is 22.9. The normalized spacial score (nSPS) is 13.7. The van der Waals surface area contributed by atoms with Gasteiger partial charge in [0.25, 0.3) is 0 Å². The van der Waals surface area contributed by atoms with Crippen LogP contribution in [-0.4, -0.2) is 64.4 Å². The van der Waals surface area contributed by atoms with Crippen molar-refractivity contribution < 1.29 is 27.9 Å². The predicted octanol–water partition coefficient (Wildman–Crippen LogP) is 3.82. The van der Waals surface area contributed by atoms with Gasteiger partial charge in [-0.25, -0.2) is 13.2 Å². The third-order valence-electron chi connectivity index (χ3n) is 5.83. The standard InChI is InChI=1S/C27H36N4O6S/c1-18(2)14-25-29-26(30-37-25)21-10-12-22(13-11-21)38(35,36)31(16-19(3)4)17-24(32)23(28-27(33)34)15-20-8-6-5-7-9-20/h5-13,18-19,23-24,28,32H,14-17H2,1-4H3,(H,33,34)/t23-,24+/m0/s1. The van der Waals surface area contributed by atoms with E-state index in [0.29, 0.717) is 29.6 Å². The molecule has 0 fully saturated rings. The monoisotopic (exact) mass is 544 g/mol. The number of rotatable bonds is 13. The van der Waals surface area contributed by atoms with Crippen LogP contribution in [0.1, 0.15) is 39.1 Å². The lowest BCUT2D eigenvalue weighted by Gasteiger charge is -2.30. The summed E-state index contributed by atoms with van der Waals surface area (Å²) in [5.74, 6) is 1.22. The fraction of sp³-hybridized carbons (Fsp3) is 0.444. The van der Waals surface area contributed by atoms with E-state index in [4.69, 9.17) is 4.52 Å². The molecule has 1 heterocycles. The molecule has 3 N–H and O–H groups in total. The second-order valence-electron chi connectivity index (χ2n) is 10.2. The Morgan fingerprint density at radius 3 is 2.21 bits per heavy atom. The average Bonchev–Trinajstić information content (AvgIpc) is 3.31. The van der Waals surface area contributed by atoms with Gasteiger partial charge in [0.1, 0.15) is 0 Å². The van der Waals surface area contributed by atoms with Gasteiger partial charge in [0.15, 0.2) is 0 Å². The Morgan fingerprint density at radius 1 is 0.974 bits per heavy atom. The molecule has 0 saturated carbocycles. The summed E-state index contributed by atoms with van der Waals surface area (Å²) in [6.07, 6.45) is -1.72. The Morgan fingerprint density at radius 2 is 1.63 bits per heavy atom. The van der Waals surface area contributed by atoms with Crippen LogP contribution in [-0.2, 0) is 22.9 Å². The molecule has 3 aromatic rings. The average molecular weight is 545 g/mol. The molecule has 0 aliphatic rings. The van der Waals surface area contributed by atoms with Crippen molar-refractivity contribution in [3.8, 4) is 11.4 Å². The molecule has 11 heteroatoms. The highest BCUT2D eigenvalue weighted by Crippen LogP contribution is 2.23. The third kappa shape index (κ3) is 8.11. The summed E-state index contributed by atoms with van der Waals surface area (Å²) in [4.78, 5) is 15.8. The molecule has 2 aromatic carbocycles. The summed E-state index contributed by atoms with van der Waals surface area (Å²) in [7, 11) is -4.00. The van der Waals surface area contributed by atoms with Crippen LogP contribution >= 0.6 is 0 Å². The highest BCUT2D eigenvalue weighted by atomic mass is 32.2. The number of nitrogens with zero attached hydrogens (tertiary/aromatic N) is 3. The first-order chi connectivity index (χ1) is 18.0. The van der Waals surface area contributed by atoms with Crippen molar-refractivity contribution in [2.45, 2.75) is 57.6 Å². The molecule has 1 amide bonds. The molecule has 0 aliphatic heterocycles. The summed E-state index contributed by atoms with van der Waals surface area (Å²) in [6, 6.07) is 14.4. The Labute approximate surface area is 223 Å². The number of hydrogen-bond donors (Lipinski definition) is 3. The molecule has 206 valence electrons. The summed E-state index contributed by atoms with van der Waals surface area (Å²) >= 11 is 0. The van der Waals surface area contributed by atoms with Gasteiger partial charge in [0.05, 0.1) is 17.0 Å². The maximum Gasteiger partial charge on any atom is 0.404 e. The Bertz CT molecular complexity index is 1280. The smallest absolute Gasteiger partial charge is 0.404 e. The van der Waals surface area contributed by atoms with Gasteiger partial charge in [0, 0.05) is 25.1 Å². The minimum atomic E-state index is -4.00. The third-order valence-corrected chi connectivity index (χ3v) is 7.68. The van der Waals surface area contributed by atoms with E-state index in [0.717, 1.165) is 5.56 Å². The van der Waals surface area contributed by atoms with Crippen LogP contribution in [0, 0.1) is 11.8 Å². The molecule has 1 aromatic heterocycles. The molecule has 0 unspecified atom stereocenters. The van der Waals surface area contributed by atoms with Gasteiger partial charge < -0.3 is 20.1 Å². The van der Waals surface area contributed by atoms with Crippen molar-refractivity contribution in [1.82, 2.24) is 19.8 Å². The van der Waals surface area contributed by atoms with Crippen LogP contribution in [0.25, 0.3) is 11.4 Å². The molecule has 0 saturated heterocycles. The maximum atomic E-state index is 13.6. The zero-order chi connectivity index (χ0) is 27.9. The van der Waals surface area contributed by atoms with E-state index in [1.54, 1.807) is 12.1 Å². The lowest BCUT2D eigenvalue weighted by atomic mass is 10.0. The van der Waals surface area contributed by atoms with Crippen molar-refractivity contribution >= 4 is 16.1 Å². The molecule has 0 spiro atoms. The largest absolute Gasteiger partial charge is 0.465 e. The molecule has 10 nitrogen and oxygen atoms in total. The van der Waals surface area contributed by atoms with E-state index in [1.807, 2.05) is 58.0 Å². The number of carbonyl (C=O) groups is 1. The van der Waals surface area contributed by atoms with Crippen LogP contribution in [0.3, 0.4) is 0 Å². The number of hydrogen-bond acceptors (Lipinski definition) is 7. The minimum Gasteiger partial charge on any atom is -0.465 e. The highest BCUT2D eigenvalue weighted by molar-refractivity contribution is 7.89. The first-order valence-corrected chi connectivity index (χ1v) is 14.0. The summed E-state index contributed by atoms with van der Waals surface area (Å²) in [6.45, 7) is 7.72. The molecule has 38 heavy (non-hydrogen) atoms. The summed E-state index contributed by atoms with van der Waals surface area (Å²) < 4.78 is 33.7. The number of nitrogens with one attached hydrogen (secondary N) is 1. The van der Waals surface area contributed by atoms with Crippen LogP contribution in [0.5, 0.6) is 0 Å². The van der Waals surface area contributed by atoms with Crippen molar-refractivity contribution in [1.29, 1.82) is 0 Å². The molecule has 3 rings (SSSR count). The van der Waals surface area contributed by atoms with Gasteiger partial charge in [0.2, 0.25) is 21.7 Å². The van der Waals surface area contributed by atoms with Gasteiger partial charge >= 0.3 is 6.09 Å². The van der Waals surface area contributed by atoms with Crippen LogP contribution in [0.2, 0.25) is 0 Å². The Kier molecular flexibility index (Phi) is 10.0. The summed E-state index contributed by atoms with van der Waals surface area (Å²) in [5, 5.41) is 26.7. The first-order valence-electron chi connectivity index (χ1n) is 12.6. The number of sulfonamides is 1. The lowest BCUT2D eigenvalue weighted by molar-refractivity contribution is 0.0980. The van der Waals surface area contributed by atoms with Crippen molar-refractivity contribution in [3.05, 3.63) is 66.1 Å². The van der Waals surface area contributed by atoms with Gasteiger partial charge in [-0.2, -0.15) is 9.29 Å². The van der Waals surface area contributed by atoms with Gasteiger partial charge in [-0.3, -0.25) is 0 Å². The second kappa shape index (κ2) is 13.0. The van der Waals surface area contributed by atoms with Crippen molar-refractivity contribution in [3.63, 3.8) is 0 Å². The van der Waals surface area contributed by atoms with Gasteiger partial charge in [-0.05, 0) is 48.1 Å². The fourth-order valence-electron chi connectivity index (χ4n) is 4.05. The van der Waals surface area contributed by atoms with Gasteiger partial charge in [-0.1, -0.05) is 63.2 Å². The first kappa shape index (κ1) is 29.3. The van der Waals surface area contributed by atoms with E-state index in [2.05, 4.69) is 15.5 Å². The van der Waals surface area contributed by atoms with E-state index in [9.17, 15) is 23.4 Å². The van der Waals surface area contributed by atoms with Crippen LogP contribution < -0.4 is 5.32 Å². The molecule has 2 atom stereocenters. The van der Waals surface area contributed by atoms with E-state index < -0.39 is 28.3 Å². The molecule has 0 bridgehead atoms. The Balaban J connectivity index is 1.81. The molecular weight excluding hydrogens is 508 g/mol. The number of aromatic nitrogens is 2. The van der Waals surface area contributed by atoms with E-state index in [1.165, 1.54) is 16.4 Å². The highest BCUT2D eigenvalue weighted by Gasteiger charge is 2.31. The molecule has 0 aliphatic carbocycles. The number of benzene rings is 2. The predicted molar refractivity (Wildman–Crippen MR) is 143 cm³/mol. The fourth-order valence-corrected chi connectivity index (χ4v) is 5.67. The molecule has 0 radical (unpaired) electrons. The lowest BCUT2D eigenvalue weighted by Crippen LogP contribution is -2.50. The number of aliphatic hydroxyl groups is 1. The number of amides is 1. The second-order valence-corrected chi connectivity index (χ2v) is 12.1. The Hall–Kier alpha value is -3.28. The SMILES string of the molecule is CC(C)Cc1nc(-c2ccc(S(=O)(=O)N(CC(C)C)C[C@@H](O)[C@H](Cc3ccccc3)NC(=O)O)cc2)no1. The van der Waals surface area contributed by atoms with E-state index in [-0.39, 0.29) is 30.3 Å². The topological polar surface area (TPSA) is 146 Å². The van der Waals surface area contributed by atoms with Crippen molar-refractivity contribution in [2.24, 2.45) is 11.8 Å². The maximum absolute atomic E-state index is 13.6. The van der Waals surface area contributed by atoms with Crippen LogP contribution in [0.15, 0.2) is 64.0 Å². The number of carboxylic acid groups (broad SMARTS) is 1. The van der Waals surface area contributed by atoms with Crippen LogP contribution in [0.4, 0.5) is 4.79 Å². The number of aliphatic hydroxyl groups excluding tert-OH is 1. The quantitative estimate of drug-likeness (QED) is 0.294. The zero-order valence-electron chi connectivity index (χ0n) is 22.1. The van der Waals surface area contributed by atoms with E-state index >= 15 is 0 Å². The molecular formula is C27H36N4O6S. The summed E-state index contributed by atoms with van der Waals surface area (Å²) in [5.41, 5.74) is 1.43. The van der Waals surface area contributed by atoms with Gasteiger partial charge in [-0.15, -0.1) is 0 Å². The van der Waals surface area contributed by atoms with Crippen molar-refractivity contribution in [2.75, 3.05) is 13.1 Å². The minimum absolute atomic E-state index is 0.0324.